The van der Waals surface area contributed by atoms with E-state index in [9.17, 15) is 4.79 Å². The fourth-order valence-corrected chi connectivity index (χ4v) is 2.95. The molecule has 0 fully saturated rings. The zero-order chi connectivity index (χ0) is 14.4. The number of carbonyl (C=O) groups is 1. The number of hydrogen-bond donors (Lipinski definition) is 0. The van der Waals surface area contributed by atoms with E-state index >= 15 is 0 Å². The van der Waals surface area contributed by atoms with E-state index in [-0.39, 0.29) is 22.8 Å². The minimum atomic E-state index is -0.180. The zero-order valence-corrected chi connectivity index (χ0v) is 12.9. The van der Waals surface area contributed by atoms with Crippen molar-refractivity contribution >= 4 is 5.91 Å². The molecule has 2 nitrogen and oxygen atoms in total. The van der Waals surface area contributed by atoms with E-state index < -0.39 is 0 Å². The van der Waals surface area contributed by atoms with Gasteiger partial charge in [-0.3, -0.25) is 4.79 Å². The Hall–Kier alpha value is -1.31. The second kappa shape index (κ2) is 4.36. The molecule has 0 aromatic rings. The first-order valence-electron chi connectivity index (χ1n) is 7.03. The quantitative estimate of drug-likeness (QED) is 0.642. The summed E-state index contributed by atoms with van der Waals surface area (Å²) in [5.41, 5.74) is 2.26. The first-order valence-corrected chi connectivity index (χ1v) is 7.03. The Labute approximate surface area is 116 Å². The van der Waals surface area contributed by atoms with Crippen molar-refractivity contribution < 1.29 is 4.79 Å². The van der Waals surface area contributed by atoms with Crippen LogP contribution in [0, 0.1) is 11.3 Å². The Balaban J connectivity index is 2.51. The molecule has 0 radical (unpaired) electrons. The summed E-state index contributed by atoms with van der Waals surface area (Å²) in [4.78, 5) is 14.9. The number of allylic oxidation sites excluding steroid dienone is 4. The molecule has 19 heavy (non-hydrogen) atoms. The average molecular weight is 259 g/mol. The van der Waals surface area contributed by atoms with Crippen molar-refractivity contribution in [2.45, 2.75) is 53.5 Å². The molecule has 1 amide bonds. The van der Waals surface area contributed by atoms with Gasteiger partial charge < -0.3 is 4.90 Å². The molecule has 2 aliphatic rings. The van der Waals surface area contributed by atoms with Crippen LogP contribution in [0.25, 0.3) is 0 Å². The van der Waals surface area contributed by atoms with Crippen LogP contribution in [-0.4, -0.2) is 16.3 Å². The maximum atomic E-state index is 13.0. The molecule has 1 unspecified atom stereocenters. The van der Waals surface area contributed by atoms with Crippen molar-refractivity contribution in [2.24, 2.45) is 11.3 Å². The number of nitrogens with zero attached hydrogens (tertiary/aromatic N) is 1. The molecule has 104 valence electrons. The normalized spacial score (nSPS) is 24.0. The molecule has 1 aliphatic heterocycles. The lowest BCUT2D eigenvalue weighted by Crippen LogP contribution is -2.47. The molecular weight excluding hydrogens is 234 g/mol. The third-order valence-corrected chi connectivity index (χ3v) is 3.83. The van der Waals surface area contributed by atoms with Crippen LogP contribution in [-0.2, 0) is 4.79 Å². The largest absolute Gasteiger partial charge is 0.313 e. The van der Waals surface area contributed by atoms with Gasteiger partial charge in [-0.1, -0.05) is 32.9 Å². The van der Waals surface area contributed by atoms with Crippen molar-refractivity contribution in [3.63, 3.8) is 0 Å². The fourth-order valence-electron chi connectivity index (χ4n) is 2.95. The lowest BCUT2D eigenvalue weighted by molar-refractivity contribution is -0.138. The highest BCUT2D eigenvalue weighted by Gasteiger charge is 2.41. The van der Waals surface area contributed by atoms with Crippen molar-refractivity contribution in [1.82, 2.24) is 4.90 Å². The van der Waals surface area contributed by atoms with E-state index in [4.69, 9.17) is 0 Å². The van der Waals surface area contributed by atoms with Gasteiger partial charge in [0.15, 0.2) is 0 Å². The van der Waals surface area contributed by atoms with E-state index in [1.54, 1.807) is 0 Å². The third-order valence-electron chi connectivity index (χ3n) is 3.83. The van der Waals surface area contributed by atoms with Crippen LogP contribution < -0.4 is 0 Å². The van der Waals surface area contributed by atoms with Gasteiger partial charge in [0.05, 0.1) is 5.92 Å². The number of rotatable bonds is 0. The Morgan fingerprint density at radius 3 is 2.26 bits per heavy atom. The van der Waals surface area contributed by atoms with Gasteiger partial charge in [-0.25, -0.2) is 0 Å². The monoisotopic (exact) mass is 259 g/mol. The molecule has 0 spiro atoms. The van der Waals surface area contributed by atoms with E-state index in [0.717, 1.165) is 6.42 Å². The molecule has 0 aromatic carbocycles. The van der Waals surface area contributed by atoms with Crippen LogP contribution in [0.15, 0.2) is 35.6 Å². The minimum Gasteiger partial charge on any atom is -0.313 e. The van der Waals surface area contributed by atoms with Gasteiger partial charge in [-0.05, 0) is 49.8 Å². The van der Waals surface area contributed by atoms with Gasteiger partial charge in [-0.15, -0.1) is 0 Å². The Morgan fingerprint density at radius 2 is 1.74 bits per heavy atom. The maximum absolute atomic E-state index is 13.0. The van der Waals surface area contributed by atoms with Crippen LogP contribution in [0.5, 0.6) is 0 Å². The summed E-state index contributed by atoms with van der Waals surface area (Å²) in [5.74, 6) is 0.191. The lowest BCUT2D eigenvalue weighted by atomic mass is 9.74. The van der Waals surface area contributed by atoms with Gasteiger partial charge in [0, 0.05) is 11.7 Å². The summed E-state index contributed by atoms with van der Waals surface area (Å²) in [6.07, 6.45) is 9.26. The molecular formula is C17H25NO. The highest BCUT2D eigenvalue weighted by molar-refractivity contribution is 5.86. The topological polar surface area (TPSA) is 20.3 Å². The van der Waals surface area contributed by atoms with Crippen LogP contribution in [0.3, 0.4) is 0 Å². The molecule has 2 heteroatoms. The van der Waals surface area contributed by atoms with Crippen molar-refractivity contribution in [2.75, 3.05) is 0 Å². The van der Waals surface area contributed by atoms with Crippen molar-refractivity contribution in [3.05, 3.63) is 35.6 Å². The van der Waals surface area contributed by atoms with Gasteiger partial charge in [0.2, 0.25) is 5.91 Å². The summed E-state index contributed by atoms with van der Waals surface area (Å²) in [6.45, 7) is 12.7. The Kier molecular flexibility index (Phi) is 3.24. The standard InChI is InChI=1S/C17H25NO/c1-16(2,3)14-13-9-7-8-12(13)10-11-18(15(14)19)17(4,5)6/h7-8,10-11,14H,9H2,1-6H3. The Bertz CT molecular complexity index is 480. The fraction of sp³-hybridized carbons (Fsp3) is 0.588. The molecule has 1 aliphatic carbocycles. The molecule has 0 saturated heterocycles. The summed E-state index contributed by atoms with van der Waals surface area (Å²) in [5, 5.41) is 0. The first kappa shape index (κ1) is 14.1. The summed E-state index contributed by atoms with van der Waals surface area (Å²) < 4.78 is 0. The van der Waals surface area contributed by atoms with Crippen molar-refractivity contribution in [3.8, 4) is 0 Å². The van der Waals surface area contributed by atoms with Crippen LogP contribution >= 0.6 is 0 Å². The van der Waals surface area contributed by atoms with Gasteiger partial charge in [0.1, 0.15) is 0 Å². The third kappa shape index (κ3) is 2.54. The molecule has 1 heterocycles. The SMILES string of the molecule is CC(C)(C)C1C(=O)N(C(C)(C)C)C=CC2=C1CC=C2. The molecule has 0 saturated carbocycles. The zero-order valence-electron chi connectivity index (χ0n) is 12.9. The van der Waals surface area contributed by atoms with E-state index in [2.05, 4.69) is 59.8 Å². The predicted molar refractivity (Wildman–Crippen MR) is 79.5 cm³/mol. The molecule has 2 rings (SSSR count). The first-order chi connectivity index (χ1) is 8.62. The second-order valence-electron chi connectivity index (χ2n) is 7.58. The minimum absolute atomic E-state index is 0.0354. The molecule has 0 bridgehead atoms. The van der Waals surface area contributed by atoms with E-state index in [1.807, 2.05) is 11.1 Å². The smallest absolute Gasteiger partial charge is 0.234 e. The van der Waals surface area contributed by atoms with Crippen LogP contribution in [0.1, 0.15) is 48.0 Å². The summed E-state index contributed by atoms with van der Waals surface area (Å²) in [6, 6.07) is 0. The van der Waals surface area contributed by atoms with E-state index in [1.165, 1.54) is 11.1 Å². The summed E-state index contributed by atoms with van der Waals surface area (Å²) >= 11 is 0. The van der Waals surface area contributed by atoms with E-state index in [0.29, 0.717) is 0 Å². The highest BCUT2D eigenvalue weighted by Crippen LogP contribution is 2.42. The van der Waals surface area contributed by atoms with Gasteiger partial charge in [0.25, 0.3) is 0 Å². The molecule has 0 N–H and O–H groups in total. The maximum Gasteiger partial charge on any atom is 0.234 e. The number of carbonyl (C=O) groups excluding carboxylic acids is 1. The Morgan fingerprint density at radius 1 is 1.11 bits per heavy atom. The van der Waals surface area contributed by atoms with Crippen molar-refractivity contribution in [1.29, 1.82) is 0 Å². The second-order valence-corrected chi connectivity index (χ2v) is 7.58. The highest BCUT2D eigenvalue weighted by atomic mass is 16.2. The predicted octanol–water partition coefficient (Wildman–Crippen LogP) is 4.06. The number of hydrogen-bond acceptors (Lipinski definition) is 1. The van der Waals surface area contributed by atoms with Gasteiger partial charge in [-0.2, -0.15) is 0 Å². The lowest BCUT2D eigenvalue weighted by Gasteiger charge is -2.39. The number of amides is 1. The summed E-state index contributed by atoms with van der Waals surface area (Å²) in [7, 11) is 0. The van der Waals surface area contributed by atoms with Crippen LogP contribution in [0.4, 0.5) is 0 Å². The molecule has 1 atom stereocenters. The van der Waals surface area contributed by atoms with Crippen LogP contribution in [0.2, 0.25) is 0 Å². The van der Waals surface area contributed by atoms with Gasteiger partial charge >= 0.3 is 0 Å². The average Bonchev–Trinajstić information content (AvgIpc) is 2.57. The molecule has 0 aromatic heterocycles.